The Morgan fingerprint density at radius 3 is 2.89 bits per heavy atom. The molecule has 0 aromatic carbocycles. The molecular formula is C16H26N2S. The fraction of sp³-hybridized carbons (Fsp3) is 0.688. The van der Waals surface area contributed by atoms with Gasteiger partial charge in [-0.1, -0.05) is 13.0 Å². The Balaban J connectivity index is 1.87. The molecule has 3 heteroatoms. The van der Waals surface area contributed by atoms with Gasteiger partial charge in [-0.15, -0.1) is 0 Å². The number of hydrogen-bond acceptors (Lipinski definition) is 3. The summed E-state index contributed by atoms with van der Waals surface area (Å²) in [6.07, 6.45) is 8.30. The van der Waals surface area contributed by atoms with E-state index in [1.807, 2.05) is 12.3 Å². The van der Waals surface area contributed by atoms with Crippen molar-refractivity contribution in [2.24, 2.45) is 5.92 Å². The van der Waals surface area contributed by atoms with Crippen molar-refractivity contribution in [2.45, 2.75) is 45.1 Å². The van der Waals surface area contributed by atoms with Crippen molar-refractivity contribution in [1.29, 1.82) is 0 Å². The quantitative estimate of drug-likeness (QED) is 0.826. The topological polar surface area (TPSA) is 24.9 Å². The minimum absolute atomic E-state index is 0.600. The van der Waals surface area contributed by atoms with Gasteiger partial charge in [-0.3, -0.25) is 4.98 Å². The Morgan fingerprint density at radius 1 is 1.37 bits per heavy atom. The SMILES string of the molecule is CCCNC(Cc1ccccn1)CC1CCSCC1. The summed E-state index contributed by atoms with van der Waals surface area (Å²) in [5.41, 5.74) is 1.22. The van der Waals surface area contributed by atoms with Crippen LogP contribution >= 0.6 is 11.8 Å². The molecule has 0 spiro atoms. The van der Waals surface area contributed by atoms with Gasteiger partial charge in [0.15, 0.2) is 0 Å². The Kier molecular flexibility index (Phi) is 6.72. The van der Waals surface area contributed by atoms with Gasteiger partial charge in [-0.05, 0) is 61.8 Å². The molecule has 1 aliphatic rings. The highest BCUT2D eigenvalue weighted by Crippen LogP contribution is 2.27. The predicted octanol–water partition coefficient (Wildman–Crippen LogP) is 3.53. The summed E-state index contributed by atoms with van der Waals surface area (Å²) in [5, 5.41) is 3.72. The highest BCUT2D eigenvalue weighted by atomic mass is 32.2. The highest BCUT2D eigenvalue weighted by Gasteiger charge is 2.19. The van der Waals surface area contributed by atoms with E-state index in [1.54, 1.807) is 0 Å². The van der Waals surface area contributed by atoms with Crippen LogP contribution in [0, 0.1) is 5.92 Å². The van der Waals surface area contributed by atoms with Crippen LogP contribution in [-0.4, -0.2) is 29.1 Å². The van der Waals surface area contributed by atoms with Crippen LogP contribution in [0.3, 0.4) is 0 Å². The average Bonchev–Trinajstić information content (AvgIpc) is 2.47. The molecule has 1 unspecified atom stereocenters. The van der Waals surface area contributed by atoms with Gasteiger partial charge in [0.1, 0.15) is 0 Å². The zero-order valence-electron chi connectivity index (χ0n) is 12.0. The van der Waals surface area contributed by atoms with Crippen molar-refractivity contribution in [1.82, 2.24) is 10.3 Å². The van der Waals surface area contributed by atoms with E-state index >= 15 is 0 Å². The maximum atomic E-state index is 4.48. The van der Waals surface area contributed by atoms with E-state index in [0.29, 0.717) is 6.04 Å². The third-order valence-corrected chi connectivity index (χ3v) is 4.87. The van der Waals surface area contributed by atoms with Crippen LogP contribution in [0.4, 0.5) is 0 Å². The fourth-order valence-corrected chi connectivity index (χ4v) is 3.95. The number of pyridine rings is 1. The van der Waals surface area contributed by atoms with Crippen molar-refractivity contribution < 1.29 is 0 Å². The lowest BCUT2D eigenvalue weighted by molar-refractivity contribution is 0.361. The number of nitrogens with zero attached hydrogens (tertiary/aromatic N) is 1. The molecule has 2 heterocycles. The summed E-state index contributed by atoms with van der Waals surface area (Å²) in [6.45, 7) is 3.36. The number of thioether (sulfide) groups is 1. The third-order valence-electron chi connectivity index (χ3n) is 3.82. The van der Waals surface area contributed by atoms with Gasteiger partial charge >= 0.3 is 0 Å². The van der Waals surface area contributed by atoms with Crippen LogP contribution in [0.2, 0.25) is 0 Å². The molecule has 2 rings (SSSR count). The van der Waals surface area contributed by atoms with Crippen LogP contribution in [0.15, 0.2) is 24.4 Å². The highest BCUT2D eigenvalue weighted by molar-refractivity contribution is 7.99. The Hall–Kier alpha value is -0.540. The number of nitrogens with one attached hydrogen (secondary N) is 1. The maximum Gasteiger partial charge on any atom is 0.0419 e. The first kappa shape index (κ1) is 14.9. The largest absolute Gasteiger partial charge is 0.314 e. The van der Waals surface area contributed by atoms with Gasteiger partial charge in [0.25, 0.3) is 0 Å². The molecule has 0 aliphatic carbocycles. The van der Waals surface area contributed by atoms with Crippen molar-refractivity contribution in [3.05, 3.63) is 30.1 Å². The average molecular weight is 278 g/mol. The summed E-state index contributed by atoms with van der Waals surface area (Å²) in [6, 6.07) is 6.84. The summed E-state index contributed by atoms with van der Waals surface area (Å²) in [4.78, 5) is 4.48. The standard InChI is InChI=1S/C16H26N2S/c1-2-8-17-16(12-14-6-10-19-11-7-14)13-15-5-3-4-9-18-15/h3-5,9,14,16-17H,2,6-8,10-13H2,1H3. The molecular weight excluding hydrogens is 252 g/mol. The lowest BCUT2D eigenvalue weighted by Gasteiger charge is -2.27. The van der Waals surface area contributed by atoms with Gasteiger partial charge < -0.3 is 5.32 Å². The lowest BCUT2D eigenvalue weighted by atomic mass is 9.92. The molecule has 19 heavy (non-hydrogen) atoms. The van der Waals surface area contributed by atoms with Crippen LogP contribution in [0.1, 0.15) is 38.3 Å². The molecule has 0 amide bonds. The van der Waals surface area contributed by atoms with Crippen molar-refractivity contribution in [3.8, 4) is 0 Å². The summed E-state index contributed by atoms with van der Waals surface area (Å²) in [5.74, 6) is 3.63. The summed E-state index contributed by atoms with van der Waals surface area (Å²) >= 11 is 2.11. The number of hydrogen-bond donors (Lipinski definition) is 1. The van der Waals surface area contributed by atoms with Gasteiger partial charge in [-0.25, -0.2) is 0 Å². The summed E-state index contributed by atoms with van der Waals surface area (Å²) < 4.78 is 0. The zero-order valence-corrected chi connectivity index (χ0v) is 12.8. The number of aromatic nitrogens is 1. The monoisotopic (exact) mass is 278 g/mol. The van der Waals surface area contributed by atoms with Gasteiger partial charge in [-0.2, -0.15) is 11.8 Å². The van der Waals surface area contributed by atoms with E-state index in [1.165, 1.54) is 42.9 Å². The lowest BCUT2D eigenvalue weighted by Crippen LogP contribution is -2.34. The fourth-order valence-electron chi connectivity index (χ4n) is 2.74. The molecule has 1 aromatic rings. The maximum absolute atomic E-state index is 4.48. The van der Waals surface area contributed by atoms with E-state index in [0.717, 1.165) is 18.9 Å². The molecule has 0 bridgehead atoms. The molecule has 0 saturated carbocycles. The first-order chi connectivity index (χ1) is 9.38. The molecule has 1 N–H and O–H groups in total. The molecule has 1 atom stereocenters. The minimum Gasteiger partial charge on any atom is -0.314 e. The van der Waals surface area contributed by atoms with E-state index in [2.05, 4.69) is 41.1 Å². The molecule has 1 aromatic heterocycles. The third kappa shape index (κ3) is 5.53. The van der Waals surface area contributed by atoms with Crippen molar-refractivity contribution in [2.75, 3.05) is 18.1 Å². The minimum atomic E-state index is 0.600. The van der Waals surface area contributed by atoms with Gasteiger partial charge in [0.05, 0.1) is 0 Å². The second kappa shape index (κ2) is 8.60. The summed E-state index contributed by atoms with van der Waals surface area (Å²) in [7, 11) is 0. The molecule has 2 nitrogen and oxygen atoms in total. The second-order valence-corrected chi connectivity index (χ2v) is 6.69. The molecule has 0 radical (unpaired) electrons. The predicted molar refractivity (Wildman–Crippen MR) is 84.7 cm³/mol. The Morgan fingerprint density at radius 2 is 2.21 bits per heavy atom. The number of rotatable bonds is 7. The van der Waals surface area contributed by atoms with Crippen LogP contribution in [-0.2, 0) is 6.42 Å². The smallest absolute Gasteiger partial charge is 0.0419 e. The Bertz CT molecular complexity index is 336. The first-order valence-electron chi connectivity index (χ1n) is 7.59. The normalized spacial score (nSPS) is 18.4. The van der Waals surface area contributed by atoms with E-state index < -0.39 is 0 Å². The van der Waals surface area contributed by atoms with Crippen molar-refractivity contribution in [3.63, 3.8) is 0 Å². The second-order valence-electron chi connectivity index (χ2n) is 5.47. The van der Waals surface area contributed by atoms with Crippen LogP contribution < -0.4 is 5.32 Å². The van der Waals surface area contributed by atoms with Crippen LogP contribution in [0.5, 0.6) is 0 Å². The van der Waals surface area contributed by atoms with E-state index in [-0.39, 0.29) is 0 Å². The molecule has 106 valence electrons. The van der Waals surface area contributed by atoms with Crippen molar-refractivity contribution >= 4 is 11.8 Å². The van der Waals surface area contributed by atoms with Gasteiger partial charge in [0.2, 0.25) is 0 Å². The molecule has 1 aliphatic heterocycles. The Labute approximate surface area is 121 Å². The molecule has 1 saturated heterocycles. The van der Waals surface area contributed by atoms with E-state index in [9.17, 15) is 0 Å². The van der Waals surface area contributed by atoms with Crippen LogP contribution in [0.25, 0.3) is 0 Å². The zero-order chi connectivity index (χ0) is 13.3. The van der Waals surface area contributed by atoms with Gasteiger partial charge in [0, 0.05) is 24.4 Å². The first-order valence-corrected chi connectivity index (χ1v) is 8.75. The van der Waals surface area contributed by atoms with E-state index in [4.69, 9.17) is 0 Å². The molecule has 1 fully saturated rings.